The molecule has 168 valence electrons. The summed E-state index contributed by atoms with van der Waals surface area (Å²) < 4.78 is 0. The van der Waals surface area contributed by atoms with E-state index >= 15 is 0 Å². The van der Waals surface area contributed by atoms with Crippen LogP contribution in [0.1, 0.15) is 76.0 Å². The molecule has 1 aromatic heterocycles. The molecular weight excluding hydrogens is 390 g/mol. The molecule has 2 aromatic rings. The Balaban J connectivity index is 1.88. The topological polar surface area (TPSA) is 37.6 Å². The monoisotopic (exact) mass is 427 g/mol. The van der Waals surface area contributed by atoms with Crippen LogP contribution in [-0.4, -0.2) is 16.4 Å². The largest absolute Gasteiger partial charge is 0.256 e. The molecule has 32 heavy (non-hydrogen) atoms. The molecule has 1 aliphatic carbocycles. The number of hydrogen-bond acceptors (Lipinski definition) is 3. The lowest BCUT2D eigenvalue weighted by molar-refractivity contribution is 0.673. The molecule has 1 heterocycles. The van der Waals surface area contributed by atoms with E-state index in [0.29, 0.717) is 11.3 Å². The maximum Gasteiger partial charge on any atom is 0.0849 e. The number of hydrogen-bond donors (Lipinski definition) is 0. The Morgan fingerprint density at radius 3 is 2.19 bits per heavy atom. The van der Waals surface area contributed by atoms with Crippen molar-refractivity contribution in [2.45, 2.75) is 68.7 Å². The highest BCUT2D eigenvalue weighted by Crippen LogP contribution is 2.57. The summed E-state index contributed by atoms with van der Waals surface area (Å²) in [6.45, 7) is 19.2. The predicted octanol–water partition coefficient (Wildman–Crippen LogP) is 7.85. The molecule has 2 atom stereocenters. The van der Waals surface area contributed by atoms with E-state index < -0.39 is 0 Å². The SMILES string of the molecule is C/C=C/C1(C)CC1/C(C)=C(\C)N=C(C)c1cccc(C(C)=Nc2c(C)cc(C)cc2C)n1. The van der Waals surface area contributed by atoms with Gasteiger partial charge in [-0.1, -0.05) is 42.8 Å². The second kappa shape index (κ2) is 9.36. The summed E-state index contributed by atoms with van der Waals surface area (Å²) in [7, 11) is 0. The van der Waals surface area contributed by atoms with Gasteiger partial charge >= 0.3 is 0 Å². The van der Waals surface area contributed by atoms with Gasteiger partial charge in [0.2, 0.25) is 0 Å². The van der Waals surface area contributed by atoms with Crippen molar-refractivity contribution >= 4 is 17.1 Å². The molecule has 0 bridgehead atoms. The highest BCUT2D eigenvalue weighted by Gasteiger charge is 2.48. The minimum atomic E-state index is 0.293. The molecule has 2 unspecified atom stereocenters. The minimum Gasteiger partial charge on any atom is -0.256 e. The predicted molar refractivity (Wildman–Crippen MR) is 138 cm³/mol. The first-order valence-corrected chi connectivity index (χ1v) is 11.5. The van der Waals surface area contributed by atoms with Gasteiger partial charge in [0.15, 0.2) is 0 Å². The van der Waals surface area contributed by atoms with E-state index in [1.165, 1.54) is 28.7 Å². The molecule has 1 saturated carbocycles. The maximum absolute atomic E-state index is 4.93. The average Bonchev–Trinajstić information content (AvgIpc) is 3.40. The second-order valence-corrected chi connectivity index (χ2v) is 9.58. The zero-order chi connectivity index (χ0) is 23.6. The summed E-state index contributed by atoms with van der Waals surface area (Å²) in [5.74, 6) is 0.588. The number of nitrogens with zero attached hydrogens (tertiary/aromatic N) is 3. The van der Waals surface area contributed by atoms with Crippen molar-refractivity contribution in [2.24, 2.45) is 21.3 Å². The third kappa shape index (κ3) is 5.15. The highest BCUT2D eigenvalue weighted by atomic mass is 14.8. The van der Waals surface area contributed by atoms with Crippen molar-refractivity contribution in [3.63, 3.8) is 0 Å². The van der Waals surface area contributed by atoms with Gasteiger partial charge in [0.05, 0.1) is 28.5 Å². The van der Waals surface area contributed by atoms with Gasteiger partial charge in [0.25, 0.3) is 0 Å². The van der Waals surface area contributed by atoms with E-state index in [4.69, 9.17) is 15.0 Å². The van der Waals surface area contributed by atoms with E-state index in [1.807, 2.05) is 32.0 Å². The fourth-order valence-electron chi connectivity index (χ4n) is 4.65. The fraction of sp³-hybridized carbons (Fsp3) is 0.414. The van der Waals surface area contributed by atoms with E-state index in [9.17, 15) is 0 Å². The van der Waals surface area contributed by atoms with E-state index in [0.717, 1.165) is 34.2 Å². The van der Waals surface area contributed by atoms with Crippen LogP contribution in [0.4, 0.5) is 5.69 Å². The van der Waals surface area contributed by atoms with Crippen LogP contribution < -0.4 is 0 Å². The fourth-order valence-corrected chi connectivity index (χ4v) is 4.65. The van der Waals surface area contributed by atoms with Gasteiger partial charge in [-0.25, -0.2) is 4.98 Å². The van der Waals surface area contributed by atoms with Gasteiger partial charge in [0, 0.05) is 5.70 Å². The van der Waals surface area contributed by atoms with Gasteiger partial charge in [-0.15, -0.1) is 0 Å². The lowest BCUT2D eigenvalue weighted by Crippen LogP contribution is -2.06. The van der Waals surface area contributed by atoms with Crippen LogP contribution in [0.25, 0.3) is 0 Å². The lowest BCUT2D eigenvalue weighted by atomic mass is 10.0. The van der Waals surface area contributed by atoms with Crippen molar-refractivity contribution in [1.82, 2.24) is 4.98 Å². The van der Waals surface area contributed by atoms with Gasteiger partial charge in [0.1, 0.15) is 0 Å². The smallest absolute Gasteiger partial charge is 0.0849 e. The van der Waals surface area contributed by atoms with Gasteiger partial charge in [-0.3, -0.25) is 9.98 Å². The molecule has 3 nitrogen and oxygen atoms in total. The van der Waals surface area contributed by atoms with Crippen LogP contribution in [0, 0.1) is 32.1 Å². The Kier molecular flexibility index (Phi) is 6.97. The molecule has 0 amide bonds. The molecule has 1 aliphatic rings. The van der Waals surface area contributed by atoms with Crippen molar-refractivity contribution in [2.75, 3.05) is 0 Å². The van der Waals surface area contributed by atoms with E-state index in [2.05, 4.69) is 72.8 Å². The lowest BCUT2D eigenvalue weighted by Gasteiger charge is -2.10. The average molecular weight is 428 g/mol. The van der Waals surface area contributed by atoms with Crippen molar-refractivity contribution in [3.8, 4) is 0 Å². The van der Waals surface area contributed by atoms with E-state index in [1.54, 1.807) is 0 Å². The van der Waals surface area contributed by atoms with Crippen molar-refractivity contribution < 1.29 is 0 Å². The quantitative estimate of drug-likeness (QED) is 0.341. The Morgan fingerprint density at radius 1 is 1.00 bits per heavy atom. The highest BCUT2D eigenvalue weighted by molar-refractivity contribution is 6.02. The molecule has 1 fully saturated rings. The van der Waals surface area contributed by atoms with Crippen LogP contribution in [0.3, 0.4) is 0 Å². The maximum atomic E-state index is 4.93. The molecule has 1 aromatic carbocycles. The zero-order valence-corrected chi connectivity index (χ0v) is 21.2. The number of aromatic nitrogens is 1. The first-order chi connectivity index (χ1) is 15.1. The molecule has 0 saturated heterocycles. The summed E-state index contributed by atoms with van der Waals surface area (Å²) in [6, 6.07) is 10.5. The van der Waals surface area contributed by atoms with Crippen LogP contribution >= 0.6 is 0 Å². The van der Waals surface area contributed by atoms with E-state index in [-0.39, 0.29) is 0 Å². The van der Waals surface area contributed by atoms with Crippen molar-refractivity contribution in [3.05, 3.63) is 81.8 Å². The summed E-state index contributed by atoms with van der Waals surface area (Å²) in [5, 5.41) is 0. The Bertz CT molecular complexity index is 1120. The third-order valence-corrected chi connectivity index (χ3v) is 6.66. The molecule has 3 rings (SSSR count). The number of pyridine rings is 1. The first kappa shape index (κ1) is 23.8. The summed E-state index contributed by atoms with van der Waals surface area (Å²) >= 11 is 0. The second-order valence-electron chi connectivity index (χ2n) is 9.58. The van der Waals surface area contributed by atoms with Gasteiger partial charge < -0.3 is 0 Å². The van der Waals surface area contributed by atoms with Crippen LogP contribution in [-0.2, 0) is 0 Å². The molecular formula is C29H37N3. The summed E-state index contributed by atoms with van der Waals surface area (Å²) in [6.07, 6.45) is 5.70. The number of allylic oxidation sites excluding steroid dienone is 4. The summed E-state index contributed by atoms with van der Waals surface area (Å²) in [5.41, 5.74) is 11.1. The van der Waals surface area contributed by atoms with Gasteiger partial charge in [-0.05, 0) is 102 Å². The normalized spacial score (nSPS) is 22.3. The van der Waals surface area contributed by atoms with Crippen LogP contribution in [0.5, 0.6) is 0 Å². The molecule has 3 heteroatoms. The van der Waals surface area contributed by atoms with Crippen molar-refractivity contribution in [1.29, 1.82) is 0 Å². The standard InChI is InChI=1S/C29H37N3/c1-10-14-29(9)17-25(29)21(5)22(6)30-23(7)26-12-11-13-27(32-26)24(8)31-28-19(3)15-18(2)16-20(28)4/h10-16,25H,17H2,1-9H3/b14-10+,22-21+,30-23?,31-24?. The third-order valence-electron chi connectivity index (χ3n) is 6.66. The Morgan fingerprint density at radius 2 is 1.59 bits per heavy atom. The Labute approximate surface area is 194 Å². The molecule has 0 radical (unpaired) electrons. The van der Waals surface area contributed by atoms with Crippen LogP contribution in [0.15, 0.2) is 63.7 Å². The Hall–Kier alpha value is -2.81. The zero-order valence-electron chi connectivity index (χ0n) is 21.2. The molecule has 0 spiro atoms. The minimum absolute atomic E-state index is 0.293. The van der Waals surface area contributed by atoms with Crippen LogP contribution in [0.2, 0.25) is 0 Å². The molecule has 0 N–H and O–H groups in total. The number of aliphatic imine (C=N–C) groups is 2. The molecule has 0 aliphatic heterocycles. The number of benzene rings is 1. The first-order valence-electron chi connectivity index (χ1n) is 11.5. The van der Waals surface area contributed by atoms with Gasteiger partial charge in [-0.2, -0.15) is 0 Å². The number of rotatable bonds is 6. The number of aryl methyl sites for hydroxylation is 3. The summed E-state index contributed by atoms with van der Waals surface area (Å²) in [4.78, 5) is 14.7.